The van der Waals surface area contributed by atoms with Crippen LogP contribution in [-0.2, 0) is 9.09 Å². The van der Waals surface area contributed by atoms with Crippen LogP contribution in [0.4, 0.5) is 0 Å². The molecule has 0 aliphatic heterocycles. The Morgan fingerprint density at radius 3 is 2.20 bits per heavy atom. The van der Waals surface area contributed by atoms with Gasteiger partial charge in [-0.25, -0.2) is 4.57 Å². The fraction of sp³-hybridized carbons (Fsp3) is 1.00. The molecular formula is C5H11O4P. The molecule has 1 aliphatic carbocycles. The third kappa shape index (κ3) is 2.06. The van der Waals surface area contributed by atoms with Gasteiger partial charge in [-0.15, -0.1) is 0 Å². The molecule has 0 saturated heterocycles. The van der Waals surface area contributed by atoms with Crippen molar-refractivity contribution < 1.29 is 18.9 Å². The summed E-state index contributed by atoms with van der Waals surface area (Å²) in [4.78, 5) is 16.7. The molecule has 60 valence electrons. The monoisotopic (exact) mass is 166 g/mol. The predicted octanol–water partition coefficient (Wildman–Crippen LogP) is 0.894. The SMILES string of the molecule is CC1CCC1OP(=O)(O)O. The van der Waals surface area contributed by atoms with Gasteiger partial charge in [0.1, 0.15) is 0 Å². The van der Waals surface area contributed by atoms with Crippen LogP contribution in [0.15, 0.2) is 0 Å². The van der Waals surface area contributed by atoms with Gasteiger partial charge in [-0.2, -0.15) is 0 Å². The Morgan fingerprint density at radius 1 is 1.50 bits per heavy atom. The maximum atomic E-state index is 10.3. The zero-order valence-corrected chi connectivity index (χ0v) is 6.62. The molecule has 2 atom stereocenters. The van der Waals surface area contributed by atoms with E-state index in [0.29, 0.717) is 5.92 Å². The first kappa shape index (κ1) is 8.21. The molecule has 1 aliphatic rings. The Labute approximate surface area is 59.4 Å². The van der Waals surface area contributed by atoms with E-state index in [0.717, 1.165) is 12.8 Å². The van der Waals surface area contributed by atoms with Gasteiger partial charge < -0.3 is 9.79 Å². The number of hydrogen-bond donors (Lipinski definition) is 2. The first-order chi connectivity index (χ1) is 4.49. The van der Waals surface area contributed by atoms with E-state index in [1.165, 1.54) is 0 Å². The second kappa shape index (κ2) is 2.62. The molecule has 5 heteroatoms. The predicted molar refractivity (Wildman–Crippen MR) is 35.3 cm³/mol. The first-order valence-corrected chi connectivity index (χ1v) is 4.76. The van der Waals surface area contributed by atoms with Crippen molar-refractivity contribution in [2.24, 2.45) is 5.92 Å². The fourth-order valence-electron chi connectivity index (χ4n) is 0.969. The number of phosphoric ester groups is 1. The highest BCUT2D eigenvalue weighted by molar-refractivity contribution is 7.46. The van der Waals surface area contributed by atoms with Crippen molar-refractivity contribution in [3.8, 4) is 0 Å². The molecule has 0 aromatic carbocycles. The van der Waals surface area contributed by atoms with Crippen LogP contribution < -0.4 is 0 Å². The Balaban J connectivity index is 2.33. The van der Waals surface area contributed by atoms with E-state index in [-0.39, 0.29) is 6.10 Å². The van der Waals surface area contributed by atoms with Gasteiger partial charge in [-0.3, -0.25) is 4.52 Å². The zero-order valence-electron chi connectivity index (χ0n) is 5.73. The molecule has 0 radical (unpaired) electrons. The Morgan fingerprint density at radius 2 is 2.10 bits per heavy atom. The summed E-state index contributed by atoms with van der Waals surface area (Å²) in [5, 5.41) is 0. The van der Waals surface area contributed by atoms with E-state index in [2.05, 4.69) is 4.52 Å². The van der Waals surface area contributed by atoms with Gasteiger partial charge in [0.25, 0.3) is 0 Å². The van der Waals surface area contributed by atoms with Gasteiger partial charge >= 0.3 is 7.82 Å². The van der Waals surface area contributed by atoms with E-state index in [1.54, 1.807) is 0 Å². The Kier molecular flexibility index (Phi) is 2.15. The van der Waals surface area contributed by atoms with Crippen molar-refractivity contribution in [1.29, 1.82) is 0 Å². The average molecular weight is 166 g/mol. The van der Waals surface area contributed by atoms with E-state index in [4.69, 9.17) is 9.79 Å². The van der Waals surface area contributed by atoms with Crippen molar-refractivity contribution in [3.05, 3.63) is 0 Å². The molecule has 0 aromatic rings. The summed E-state index contributed by atoms with van der Waals surface area (Å²) in [5.74, 6) is 0.299. The molecule has 1 fully saturated rings. The molecule has 0 amide bonds. The number of rotatable bonds is 2. The van der Waals surface area contributed by atoms with E-state index in [1.807, 2.05) is 6.92 Å². The molecule has 10 heavy (non-hydrogen) atoms. The van der Waals surface area contributed by atoms with Gasteiger partial charge in [-0.1, -0.05) is 6.92 Å². The minimum atomic E-state index is -4.22. The smallest absolute Gasteiger partial charge is 0.303 e. The van der Waals surface area contributed by atoms with Crippen LogP contribution in [0, 0.1) is 5.92 Å². The molecule has 1 saturated carbocycles. The van der Waals surface area contributed by atoms with Crippen LogP contribution in [0.2, 0.25) is 0 Å². The Hall–Kier alpha value is 0.110. The van der Waals surface area contributed by atoms with Gasteiger partial charge in [0, 0.05) is 0 Å². The highest BCUT2D eigenvalue weighted by Crippen LogP contribution is 2.44. The molecule has 4 nitrogen and oxygen atoms in total. The fourth-order valence-corrected chi connectivity index (χ4v) is 1.63. The lowest BCUT2D eigenvalue weighted by Gasteiger charge is -2.33. The van der Waals surface area contributed by atoms with Crippen LogP contribution in [0.1, 0.15) is 19.8 Å². The van der Waals surface area contributed by atoms with Crippen molar-refractivity contribution in [3.63, 3.8) is 0 Å². The van der Waals surface area contributed by atoms with Crippen molar-refractivity contribution in [2.75, 3.05) is 0 Å². The summed E-state index contributed by atoms with van der Waals surface area (Å²) in [6, 6.07) is 0. The molecule has 0 heterocycles. The van der Waals surface area contributed by atoms with Crippen molar-refractivity contribution >= 4 is 7.82 Å². The highest BCUT2D eigenvalue weighted by Gasteiger charge is 2.33. The summed E-state index contributed by atoms with van der Waals surface area (Å²) >= 11 is 0. The normalized spacial score (nSPS) is 33.5. The van der Waals surface area contributed by atoms with Gasteiger partial charge in [0.15, 0.2) is 0 Å². The van der Waals surface area contributed by atoms with Crippen LogP contribution >= 0.6 is 7.82 Å². The molecule has 0 aromatic heterocycles. The maximum Gasteiger partial charge on any atom is 0.469 e. The molecule has 0 bridgehead atoms. The number of hydrogen-bond acceptors (Lipinski definition) is 2. The van der Waals surface area contributed by atoms with Crippen LogP contribution in [0.25, 0.3) is 0 Å². The lowest BCUT2D eigenvalue weighted by atomic mass is 9.84. The van der Waals surface area contributed by atoms with Crippen LogP contribution in [-0.4, -0.2) is 15.9 Å². The highest BCUT2D eigenvalue weighted by atomic mass is 31.2. The summed E-state index contributed by atoms with van der Waals surface area (Å²) in [6.45, 7) is 1.92. The Bertz CT molecular complexity index is 163. The second-order valence-electron chi connectivity index (χ2n) is 2.69. The molecule has 1 rings (SSSR count). The quantitative estimate of drug-likeness (QED) is 0.598. The van der Waals surface area contributed by atoms with E-state index < -0.39 is 7.82 Å². The third-order valence-electron chi connectivity index (χ3n) is 1.81. The van der Waals surface area contributed by atoms with Crippen molar-refractivity contribution in [1.82, 2.24) is 0 Å². The molecule has 0 spiro atoms. The lowest BCUT2D eigenvalue weighted by molar-refractivity contribution is 0.0293. The molecular weight excluding hydrogens is 155 g/mol. The van der Waals surface area contributed by atoms with Gasteiger partial charge in [0.2, 0.25) is 0 Å². The summed E-state index contributed by atoms with van der Waals surface area (Å²) in [7, 11) is -4.22. The standard InChI is InChI=1S/C5H11O4P/c1-4-2-3-5(4)9-10(6,7)8/h4-5H,2-3H2,1H3,(H2,6,7,8). The lowest BCUT2D eigenvalue weighted by Crippen LogP contribution is -2.30. The van der Waals surface area contributed by atoms with Crippen molar-refractivity contribution in [2.45, 2.75) is 25.9 Å². The molecule has 2 unspecified atom stereocenters. The van der Waals surface area contributed by atoms with E-state index >= 15 is 0 Å². The summed E-state index contributed by atoms with van der Waals surface area (Å²) < 4.78 is 14.7. The number of phosphoric acid groups is 1. The second-order valence-corrected chi connectivity index (χ2v) is 3.88. The average Bonchev–Trinajstić information content (AvgIpc) is 1.78. The largest absolute Gasteiger partial charge is 0.469 e. The van der Waals surface area contributed by atoms with E-state index in [9.17, 15) is 4.57 Å². The van der Waals surface area contributed by atoms with Gasteiger partial charge in [-0.05, 0) is 18.8 Å². The minimum Gasteiger partial charge on any atom is -0.303 e. The van der Waals surface area contributed by atoms with Crippen LogP contribution in [0.3, 0.4) is 0 Å². The summed E-state index contributed by atoms with van der Waals surface area (Å²) in [5.41, 5.74) is 0. The topological polar surface area (TPSA) is 66.8 Å². The molecule has 2 N–H and O–H groups in total. The zero-order chi connectivity index (χ0) is 7.78. The van der Waals surface area contributed by atoms with Gasteiger partial charge in [0.05, 0.1) is 6.10 Å². The minimum absolute atomic E-state index is 0.221. The van der Waals surface area contributed by atoms with Crippen LogP contribution in [0.5, 0.6) is 0 Å². The first-order valence-electron chi connectivity index (χ1n) is 3.23. The maximum absolute atomic E-state index is 10.3. The summed E-state index contributed by atoms with van der Waals surface area (Å²) in [6.07, 6.45) is 1.55. The third-order valence-corrected chi connectivity index (χ3v) is 2.36.